The minimum absolute atomic E-state index is 0.00519. The third kappa shape index (κ3) is 6.04. The third-order valence-corrected chi connectivity index (χ3v) is 9.52. The average Bonchev–Trinajstić information content (AvgIpc) is 3.50. The lowest BCUT2D eigenvalue weighted by Gasteiger charge is -2.34. The molecule has 0 unspecified atom stereocenters. The second-order valence-corrected chi connectivity index (χ2v) is 12.9. The van der Waals surface area contributed by atoms with Gasteiger partial charge in [-0.05, 0) is 47.7 Å². The van der Waals surface area contributed by atoms with Gasteiger partial charge < -0.3 is 24.9 Å². The van der Waals surface area contributed by atoms with Gasteiger partial charge in [0.25, 0.3) is 5.91 Å². The zero-order valence-electron chi connectivity index (χ0n) is 27.4. The molecule has 1 saturated carbocycles. The van der Waals surface area contributed by atoms with Crippen molar-refractivity contribution in [3.8, 4) is 16.9 Å². The van der Waals surface area contributed by atoms with Crippen LogP contribution in [0.2, 0.25) is 0 Å². The van der Waals surface area contributed by atoms with Gasteiger partial charge in [-0.2, -0.15) is 0 Å². The molecule has 0 aromatic heterocycles. The summed E-state index contributed by atoms with van der Waals surface area (Å²) in [5.74, 6) is -3.95. The summed E-state index contributed by atoms with van der Waals surface area (Å²) < 4.78 is 5.15. The number of fused-ring (bicyclic) bond motifs is 3. The highest BCUT2D eigenvalue weighted by Gasteiger charge is 2.61. The summed E-state index contributed by atoms with van der Waals surface area (Å²) in [4.78, 5) is 61.0. The number of nitrogens with zero attached hydrogens (tertiary/aromatic N) is 3. The topological polar surface area (TPSA) is 158 Å². The molecule has 0 spiro atoms. The predicted molar refractivity (Wildman–Crippen MR) is 179 cm³/mol. The lowest BCUT2D eigenvalue weighted by atomic mass is 10.0. The maximum atomic E-state index is 14.3. The van der Waals surface area contributed by atoms with E-state index in [0.29, 0.717) is 16.5 Å². The molecule has 3 N–H and O–H groups in total. The number of carbonyl (C=O) groups excluding carboxylic acids is 3. The van der Waals surface area contributed by atoms with Crippen LogP contribution in [0.3, 0.4) is 0 Å². The third-order valence-electron chi connectivity index (χ3n) is 9.52. The summed E-state index contributed by atoms with van der Waals surface area (Å²) >= 11 is 0. The van der Waals surface area contributed by atoms with E-state index in [1.54, 1.807) is 26.0 Å². The van der Waals surface area contributed by atoms with E-state index >= 15 is 0 Å². The largest absolute Gasteiger partial charge is 0.497 e. The normalized spacial score (nSPS) is 22.4. The van der Waals surface area contributed by atoms with Crippen LogP contribution in [0.1, 0.15) is 48.2 Å². The summed E-state index contributed by atoms with van der Waals surface area (Å²) in [6.07, 6.45) is 0.878. The number of likely N-dealkylation sites (tertiary alicyclic amines) is 1. The molecule has 2 fully saturated rings. The van der Waals surface area contributed by atoms with E-state index in [1.165, 1.54) is 30.2 Å². The predicted octanol–water partition coefficient (Wildman–Crippen LogP) is 4.12. The van der Waals surface area contributed by atoms with Crippen LogP contribution >= 0.6 is 0 Å². The maximum absolute atomic E-state index is 14.3. The van der Waals surface area contributed by atoms with Crippen molar-refractivity contribution >= 4 is 29.4 Å². The molecular formula is C37H38N4O8. The van der Waals surface area contributed by atoms with Gasteiger partial charge in [0.15, 0.2) is 0 Å². The van der Waals surface area contributed by atoms with E-state index in [0.717, 1.165) is 22.3 Å². The van der Waals surface area contributed by atoms with E-state index in [2.05, 4.69) is 17.1 Å². The molecule has 1 aliphatic heterocycles. The van der Waals surface area contributed by atoms with Crippen LogP contribution in [0.25, 0.3) is 11.1 Å². The first kappa shape index (κ1) is 33.4. The van der Waals surface area contributed by atoms with Crippen LogP contribution in [0, 0.1) is 11.8 Å². The van der Waals surface area contributed by atoms with Crippen LogP contribution in [0.15, 0.2) is 90.6 Å². The molecule has 3 amide bonds. The van der Waals surface area contributed by atoms with E-state index in [1.807, 2.05) is 48.5 Å². The molecule has 0 bridgehead atoms. The van der Waals surface area contributed by atoms with Crippen molar-refractivity contribution < 1.29 is 39.1 Å². The van der Waals surface area contributed by atoms with Crippen molar-refractivity contribution in [1.82, 2.24) is 15.3 Å². The van der Waals surface area contributed by atoms with Gasteiger partial charge >= 0.3 is 5.97 Å². The molecule has 1 heterocycles. The molecule has 5 atom stereocenters. The number of nitrogens with one attached hydrogen (secondary N) is 1. The zero-order valence-corrected chi connectivity index (χ0v) is 27.4. The number of rotatable bonds is 11. The van der Waals surface area contributed by atoms with Gasteiger partial charge in [0.1, 0.15) is 35.2 Å². The first-order valence-corrected chi connectivity index (χ1v) is 16.1. The van der Waals surface area contributed by atoms with Crippen LogP contribution in [0.4, 0.5) is 0 Å². The smallest absolute Gasteiger partial charge is 0.330 e. The van der Waals surface area contributed by atoms with Crippen molar-refractivity contribution in [3.05, 3.63) is 102 Å². The Labute approximate surface area is 283 Å². The van der Waals surface area contributed by atoms with Gasteiger partial charge in [-0.15, -0.1) is 6.58 Å². The number of benzene rings is 3. The second kappa shape index (κ2) is 13.2. The number of ether oxygens (including phenoxy) is 1. The molecule has 3 aliphatic rings. The number of hydrogen-bond donors (Lipinski definition) is 3. The molecule has 1 saturated heterocycles. The Morgan fingerprint density at radius 3 is 2.10 bits per heavy atom. The van der Waals surface area contributed by atoms with Gasteiger partial charge in [-0.25, -0.2) is 9.86 Å². The number of hydroxylamine groups is 2. The lowest BCUT2D eigenvalue weighted by Crippen LogP contribution is -2.57. The molecule has 49 heavy (non-hydrogen) atoms. The molecule has 3 aromatic carbocycles. The maximum Gasteiger partial charge on any atom is 0.330 e. The lowest BCUT2D eigenvalue weighted by molar-refractivity contribution is -0.159. The van der Waals surface area contributed by atoms with E-state index in [9.17, 15) is 29.5 Å². The Bertz CT molecular complexity index is 1790. The Hall–Kier alpha value is -5.49. The van der Waals surface area contributed by atoms with Crippen molar-refractivity contribution in [2.75, 3.05) is 13.7 Å². The zero-order chi connectivity index (χ0) is 35.0. The van der Waals surface area contributed by atoms with E-state index in [4.69, 9.17) is 9.57 Å². The Kier molecular flexibility index (Phi) is 9.00. The molecule has 6 rings (SSSR count). The van der Waals surface area contributed by atoms with Crippen molar-refractivity contribution in [3.63, 3.8) is 0 Å². The quantitative estimate of drug-likeness (QED) is 0.123. The molecule has 12 heteroatoms. The average molecular weight is 667 g/mol. The molecular weight excluding hydrogens is 628 g/mol. The summed E-state index contributed by atoms with van der Waals surface area (Å²) in [5, 5.41) is 28.7. The molecule has 3 aromatic rings. The Morgan fingerprint density at radius 2 is 1.59 bits per heavy atom. The fraction of sp³-hybridized carbons (Fsp3) is 0.324. The number of carboxylic acids is 1. The molecule has 2 aliphatic carbocycles. The van der Waals surface area contributed by atoms with Crippen LogP contribution in [-0.2, 0) is 19.2 Å². The van der Waals surface area contributed by atoms with Gasteiger partial charge in [0.2, 0.25) is 11.8 Å². The number of methoxy groups -OCH3 is 1. The number of carboxylic acid groups (broad SMARTS) is 1. The number of oxime groups is 1. The number of aliphatic carboxylic acids is 1. The van der Waals surface area contributed by atoms with Gasteiger partial charge in [0, 0.05) is 29.0 Å². The molecule has 12 nitrogen and oxygen atoms in total. The number of carbonyl (C=O) groups is 4. The van der Waals surface area contributed by atoms with Crippen molar-refractivity contribution in [2.45, 2.75) is 50.4 Å². The fourth-order valence-corrected chi connectivity index (χ4v) is 6.74. The first-order valence-electron chi connectivity index (χ1n) is 16.1. The number of amides is 3. The number of hydrogen-bond acceptors (Lipinski definition) is 8. The van der Waals surface area contributed by atoms with E-state index in [-0.39, 0.29) is 24.9 Å². The van der Waals surface area contributed by atoms with Gasteiger partial charge in [-0.1, -0.05) is 73.6 Å². The summed E-state index contributed by atoms with van der Waals surface area (Å²) in [6, 6.07) is 19.1. The van der Waals surface area contributed by atoms with Crippen LogP contribution in [0.5, 0.6) is 5.75 Å². The minimum Gasteiger partial charge on any atom is -0.497 e. The fourth-order valence-electron chi connectivity index (χ4n) is 6.74. The van der Waals surface area contributed by atoms with Crippen molar-refractivity contribution in [1.29, 1.82) is 0 Å². The minimum atomic E-state index is -1.53. The highest BCUT2D eigenvalue weighted by molar-refractivity contribution is 6.24. The highest BCUT2D eigenvalue weighted by atomic mass is 16.6. The van der Waals surface area contributed by atoms with Gasteiger partial charge in [-0.3, -0.25) is 19.6 Å². The van der Waals surface area contributed by atoms with Crippen LogP contribution in [-0.4, -0.2) is 87.1 Å². The van der Waals surface area contributed by atoms with E-state index < -0.39 is 59.3 Å². The van der Waals surface area contributed by atoms with Crippen molar-refractivity contribution in [2.24, 2.45) is 17.0 Å². The first-order chi connectivity index (χ1) is 23.5. The second-order valence-electron chi connectivity index (χ2n) is 12.9. The summed E-state index contributed by atoms with van der Waals surface area (Å²) in [6.45, 7) is 6.92. The molecule has 0 radical (unpaired) electrons. The monoisotopic (exact) mass is 666 g/mol. The molecule has 254 valence electrons. The Morgan fingerprint density at radius 1 is 1.00 bits per heavy atom. The Balaban J connectivity index is 1.29. The SMILES string of the molecule is C=C[C@@H]1C[C@@]1(NC(=O)[C@@H]1C[C@@H](ON=C2c3ccccc3-c3ccccc32)CN1C(=O)[C@@H](C(C)C)N(O)C(=O)c1ccc(OC)cc1)C(=O)O. The highest BCUT2D eigenvalue weighted by Crippen LogP contribution is 2.45. The summed E-state index contributed by atoms with van der Waals surface area (Å²) in [5.41, 5.74) is 2.97. The summed E-state index contributed by atoms with van der Waals surface area (Å²) in [7, 11) is 1.48. The van der Waals surface area contributed by atoms with Crippen LogP contribution < -0.4 is 10.1 Å². The van der Waals surface area contributed by atoms with Gasteiger partial charge in [0.05, 0.1) is 13.7 Å². The standard InChI is InChI=1S/C37H38N4O8/c1-5-23-19-37(23,36(45)46)38-33(42)30-18-25(49-39-31-28-12-8-6-10-26(28)27-11-7-9-13-29(27)31)20-40(30)35(44)32(21(2)3)41(47)34(43)22-14-16-24(48-4)17-15-22/h5-17,21,23,25,30,32,47H,1,18-20H2,2-4H3,(H,38,42)(H,45,46)/t23-,25-,30+,32-,37+/m1/s1.